The summed E-state index contributed by atoms with van der Waals surface area (Å²) in [5.41, 5.74) is 2.35. The number of benzene rings is 1. The van der Waals surface area contributed by atoms with Gasteiger partial charge in [0.2, 0.25) is 0 Å². The first kappa shape index (κ1) is 9.54. The number of allylic oxidation sites excluding steroid dienone is 2. The van der Waals surface area contributed by atoms with E-state index in [2.05, 4.69) is 18.2 Å². The highest BCUT2D eigenvalue weighted by Crippen LogP contribution is 2.14. The Morgan fingerprint density at radius 2 is 2.00 bits per heavy atom. The second kappa shape index (κ2) is 4.47. The van der Waals surface area contributed by atoms with Gasteiger partial charge >= 0.3 is 0 Å². The van der Waals surface area contributed by atoms with Crippen LogP contribution in [0.15, 0.2) is 36.4 Å². The molecule has 1 atom stereocenters. The maximum atomic E-state index is 8.64. The molecule has 66 valence electrons. The lowest BCUT2D eigenvalue weighted by Gasteiger charge is -2.01. The van der Waals surface area contributed by atoms with Crippen LogP contribution in [-0.2, 0) is 0 Å². The molecule has 1 rings (SSSR count). The van der Waals surface area contributed by atoms with Crippen molar-refractivity contribution >= 4 is 5.57 Å². The van der Waals surface area contributed by atoms with Crippen molar-refractivity contribution in [3.8, 4) is 6.07 Å². The minimum atomic E-state index is -0.0137. The van der Waals surface area contributed by atoms with Crippen molar-refractivity contribution in [2.45, 2.75) is 13.8 Å². The molecule has 0 aliphatic rings. The lowest BCUT2D eigenvalue weighted by Crippen LogP contribution is -1.85. The number of nitriles is 1. The van der Waals surface area contributed by atoms with Crippen LogP contribution < -0.4 is 0 Å². The zero-order valence-electron chi connectivity index (χ0n) is 7.99. The summed E-state index contributed by atoms with van der Waals surface area (Å²) in [5, 5.41) is 8.64. The molecule has 0 amide bonds. The Morgan fingerprint density at radius 3 is 2.54 bits per heavy atom. The van der Waals surface area contributed by atoms with Crippen molar-refractivity contribution in [1.82, 2.24) is 0 Å². The molecule has 0 fully saturated rings. The van der Waals surface area contributed by atoms with E-state index >= 15 is 0 Å². The molecule has 1 aromatic rings. The van der Waals surface area contributed by atoms with Crippen LogP contribution in [0.25, 0.3) is 5.57 Å². The number of nitrogens with zero attached hydrogens (tertiary/aromatic N) is 1. The summed E-state index contributed by atoms with van der Waals surface area (Å²) in [5.74, 6) is -0.0137. The van der Waals surface area contributed by atoms with E-state index in [0.29, 0.717) is 0 Å². The summed E-state index contributed by atoms with van der Waals surface area (Å²) < 4.78 is 0. The fraction of sp³-hybridized carbons (Fsp3) is 0.250. The molecule has 1 aromatic carbocycles. The van der Waals surface area contributed by atoms with Gasteiger partial charge in [-0.05, 0) is 25.0 Å². The standard InChI is InChI=1S/C12H13N/c1-10(9-13)8-11(2)12-6-4-3-5-7-12/h3-8,10H,1-2H3/b11-8+. The van der Waals surface area contributed by atoms with E-state index in [9.17, 15) is 0 Å². The second-order valence-electron chi connectivity index (χ2n) is 3.13. The summed E-state index contributed by atoms with van der Waals surface area (Å²) in [4.78, 5) is 0. The van der Waals surface area contributed by atoms with Crippen LogP contribution in [0.4, 0.5) is 0 Å². The van der Waals surface area contributed by atoms with Crippen molar-refractivity contribution in [3.05, 3.63) is 42.0 Å². The van der Waals surface area contributed by atoms with E-state index in [1.807, 2.05) is 38.1 Å². The smallest absolute Gasteiger partial charge is 0.0694 e. The van der Waals surface area contributed by atoms with E-state index < -0.39 is 0 Å². The Balaban J connectivity index is 2.86. The Labute approximate surface area is 79.3 Å². The predicted octanol–water partition coefficient (Wildman–Crippen LogP) is 3.25. The molecule has 0 aliphatic heterocycles. The molecule has 0 N–H and O–H groups in total. The summed E-state index contributed by atoms with van der Waals surface area (Å²) in [6.07, 6.45) is 1.98. The van der Waals surface area contributed by atoms with E-state index in [1.165, 1.54) is 5.56 Å². The molecule has 0 saturated heterocycles. The average molecular weight is 171 g/mol. The summed E-state index contributed by atoms with van der Waals surface area (Å²) in [6.45, 7) is 3.93. The highest BCUT2D eigenvalue weighted by Gasteiger charge is 1.97. The molecule has 1 heteroatoms. The van der Waals surface area contributed by atoms with Gasteiger partial charge in [-0.15, -0.1) is 0 Å². The summed E-state index contributed by atoms with van der Waals surface area (Å²) >= 11 is 0. The zero-order valence-corrected chi connectivity index (χ0v) is 7.99. The molecule has 0 saturated carbocycles. The van der Waals surface area contributed by atoms with Crippen LogP contribution in [0.2, 0.25) is 0 Å². The minimum absolute atomic E-state index is 0.0137. The third kappa shape index (κ3) is 2.76. The Morgan fingerprint density at radius 1 is 1.38 bits per heavy atom. The maximum Gasteiger partial charge on any atom is 0.0694 e. The number of hydrogen-bond donors (Lipinski definition) is 0. The fourth-order valence-corrected chi connectivity index (χ4v) is 1.21. The second-order valence-corrected chi connectivity index (χ2v) is 3.13. The maximum absolute atomic E-state index is 8.64. The average Bonchev–Trinajstić information content (AvgIpc) is 2.19. The van der Waals surface area contributed by atoms with Crippen molar-refractivity contribution < 1.29 is 0 Å². The molecular weight excluding hydrogens is 158 g/mol. The Hall–Kier alpha value is -1.55. The molecule has 1 unspecified atom stereocenters. The van der Waals surface area contributed by atoms with Gasteiger partial charge in [-0.1, -0.05) is 36.4 Å². The molecule has 0 bridgehead atoms. The van der Waals surface area contributed by atoms with Gasteiger partial charge < -0.3 is 0 Å². The van der Waals surface area contributed by atoms with Gasteiger partial charge in [-0.2, -0.15) is 5.26 Å². The first-order chi connectivity index (χ1) is 6.24. The normalized spacial score (nSPS) is 13.5. The van der Waals surface area contributed by atoms with Crippen LogP contribution in [0, 0.1) is 17.2 Å². The zero-order chi connectivity index (χ0) is 9.68. The highest BCUT2D eigenvalue weighted by atomic mass is 14.2. The van der Waals surface area contributed by atoms with Crippen LogP contribution in [0.1, 0.15) is 19.4 Å². The lowest BCUT2D eigenvalue weighted by atomic mass is 10.0. The quantitative estimate of drug-likeness (QED) is 0.670. The van der Waals surface area contributed by atoms with Gasteiger partial charge in [0.05, 0.1) is 12.0 Å². The van der Waals surface area contributed by atoms with E-state index in [0.717, 1.165) is 5.57 Å². The SMILES string of the molecule is C/C(=C\C(C)C#N)c1ccccc1. The van der Waals surface area contributed by atoms with Crippen molar-refractivity contribution in [1.29, 1.82) is 5.26 Å². The molecular formula is C12H13N. The van der Waals surface area contributed by atoms with Crippen molar-refractivity contribution in [2.75, 3.05) is 0 Å². The number of hydrogen-bond acceptors (Lipinski definition) is 1. The fourth-order valence-electron chi connectivity index (χ4n) is 1.21. The Bertz CT molecular complexity index is 330. The molecule has 0 aromatic heterocycles. The van der Waals surface area contributed by atoms with Crippen LogP contribution >= 0.6 is 0 Å². The molecule has 13 heavy (non-hydrogen) atoms. The van der Waals surface area contributed by atoms with Gasteiger partial charge in [0, 0.05) is 0 Å². The first-order valence-corrected chi connectivity index (χ1v) is 4.37. The highest BCUT2D eigenvalue weighted by molar-refractivity contribution is 5.63. The van der Waals surface area contributed by atoms with Gasteiger partial charge in [0.25, 0.3) is 0 Å². The first-order valence-electron chi connectivity index (χ1n) is 4.37. The monoisotopic (exact) mass is 171 g/mol. The minimum Gasteiger partial charge on any atom is -0.198 e. The predicted molar refractivity (Wildman–Crippen MR) is 54.9 cm³/mol. The molecule has 0 radical (unpaired) electrons. The topological polar surface area (TPSA) is 23.8 Å². The van der Waals surface area contributed by atoms with Gasteiger partial charge in [0.15, 0.2) is 0 Å². The molecule has 0 spiro atoms. The Kier molecular flexibility index (Phi) is 3.28. The lowest BCUT2D eigenvalue weighted by molar-refractivity contribution is 0.957. The molecule has 1 nitrogen and oxygen atoms in total. The molecule has 0 heterocycles. The third-order valence-electron chi connectivity index (χ3n) is 1.93. The van der Waals surface area contributed by atoms with Crippen LogP contribution in [0.3, 0.4) is 0 Å². The van der Waals surface area contributed by atoms with E-state index in [1.54, 1.807) is 0 Å². The third-order valence-corrected chi connectivity index (χ3v) is 1.93. The van der Waals surface area contributed by atoms with Crippen LogP contribution in [0.5, 0.6) is 0 Å². The van der Waals surface area contributed by atoms with Gasteiger partial charge in [-0.25, -0.2) is 0 Å². The van der Waals surface area contributed by atoms with Crippen molar-refractivity contribution in [2.24, 2.45) is 5.92 Å². The summed E-state index contributed by atoms with van der Waals surface area (Å²) in [7, 11) is 0. The number of rotatable bonds is 2. The van der Waals surface area contributed by atoms with Crippen LogP contribution in [-0.4, -0.2) is 0 Å². The van der Waals surface area contributed by atoms with Crippen molar-refractivity contribution in [3.63, 3.8) is 0 Å². The molecule has 0 aliphatic carbocycles. The van der Waals surface area contributed by atoms with Gasteiger partial charge in [0.1, 0.15) is 0 Å². The summed E-state index contributed by atoms with van der Waals surface area (Å²) in [6, 6.07) is 12.3. The van der Waals surface area contributed by atoms with E-state index in [4.69, 9.17) is 5.26 Å². The van der Waals surface area contributed by atoms with E-state index in [-0.39, 0.29) is 5.92 Å². The van der Waals surface area contributed by atoms with Gasteiger partial charge in [-0.3, -0.25) is 0 Å². The largest absolute Gasteiger partial charge is 0.198 e.